The highest BCUT2D eigenvalue weighted by molar-refractivity contribution is 6.35. The molecule has 3 amide bonds. The monoisotopic (exact) mass is 249 g/mol. The van der Waals surface area contributed by atoms with Gasteiger partial charge in [0.2, 0.25) is 5.91 Å². The average Bonchev–Trinajstić information content (AvgIpc) is 2.24. The van der Waals surface area contributed by atoms with Crippen molar-refractivity contribution in [1.82, 2.24) is 16.0 Å². The molecule has 0 aromatic rings. The summed E-state index contributed by atoms with van der Waals surface area (Å²) in [6.07, 6.45) is 0.618. The van der Waals surface area contributed by atoms with Crippen molar-refractivity contribution in [2.45, 2.75) is 13.3 Å². The molecule has 0 saturated heterocycles. The summed E-state index contributed by atoms with van der Waals surface area (Å²) in [5, 5.41) is 7.27. The normalized spacial score (nSPS) is 9.38. The smallest absolute Gasteiger partial charge is 0.309 e. The third-order valence-electron chi connectivity index (χ3n) is 1.59. The number of rotatable bonds is 6. The third kappa shape index (κ3) is 8.05. The van der Waals surface area contributed by atoms with Crippen molar-refractivity contribution in [1.29, 1.82) is 0 Å². The van der Waals surface area contributed by atoms with Crippen molar-refractivity contribution in [3.63, 3.8) is 0 Å². The number of carbonyl (C=O) groups excluding carboxylic acids is 3. The summed E-state index contributed by atoms with van der Waals surface area (Å²) < 4.78 is 0. The maximum absolute atomic E-state index is 11.1. The summed E-state index contributed by atoms with van der Waals surface area (Å²) in [7, 11) is 0. The minimum Gasteiger partial charge on any atom is -0.355 e. The molecule has 0 unspecified atom stereocenters. The Morgan fingerprint density at radius 3 is 1.94 bits per heavy atom. The lowest BCUT2D eigenvalue weighted by Crippen LogP contribution is -2.43. The van der Waals surface area contributed by atoms with Crippen LogP contribution in [0.1, 0.15) is 13.3 Å². The van der Waals surface area contributed by atoms with E-state index in [1.165, 1.54) is 6.92 Å². The van der Waals surface area contributed by atoms with Crippen LogP contribution in [0.2, 0.25) is 0 Å². The SMILES string of the molecule is CC(=O)NCCNC(=O)C(=O)NCCCCl. The van der Waals surface area contributed by atoms with Crippen molar-refractivity contribution < 1.29 is 14.4 Å². The Kier molecular flexibility index (Phi) is 8.24. The minimum atomic E-state index is -0.708. The molecule has 0 fully saturated rings. The lowest BCUT2D eigenvalue weighted by Gasteiger charge is -2.05. The number of halogens is 1. The van der Waals surface area contributed by atoms with Crippen molar-refractivity contribution in [3.8, 4) is 0 Å². The van der Waals surface area contributed by atoms with Gasteiger partial charge in [0.05, 0.1) is 0 Å². The standard InChI is InChI=1S/C9H16ClN3O3/c1-7(14)11-5-6-13-9(16)8(15)12-4-2-3-10/h2-6H2,1H3,(H,11,14)(H,12,15)(H,13,16). The molecule has 0 aliphatic carbocycles. The van der Waals surface area contributed by atoms with Gasteiger partial charge in [-0.3, -0.25) is 14.4 Å². The Morgan fingerprint density at radius 2 is 1.44 bits per heavy atom. The van der Waals surface area contributed by atoms with Gasteiger partial charge in [-0.05, 0) is 6.42 Å². The Bertz CT molecular complexity index is 258. The van der Waals surface area contributed by atoms with Gasteiger partial charge < -0.3 is 16.0 Å². The van der Waals surface area contributed by atoms with Crippen LogP contribution >= 0.6 is 11.6 Å². The maximum Gasteiger partial charge on any atom is 0.309 e. The minimum absolute atomic E-state index is 0.180. The first-order chi connectivity index (χ1) is 7.57. The molecule has 92 valence electrons. The molecule has 0 aliphatic rings. The highest BCUT2D eigenvalue weighted by Crippen LogP contribution is 1.80. The van der Waals surface area contributed by atoms with Crippen LogP contribution in [-0.4, -0.2) is 43.2 Å². The molecule has 0 aromatic carbocycles. The molecule has 0 spiro atoms. The molecule has 7 heteroatoms. The van der Waals surface area contributed by atoms with E-state index in [1.807, 2.05) is 0 Å². The van der Waals surface area contributed by atoms with Gasteiger partial charge in [-0.1, -0.05) is 0 Å². The van der Waals surface area contributed by atoms with Crippen LogP contribution in [0.4, 0.5) is 0 Å². The molecule has 0 aliphatic heterocycles. The van der Waals surface area contributed by atoms with Crippen LogP contribution in [0.5, 0.6) is 0 Å². The van der Waals surface area contributed by atoms with E-state index in [1.54, 1.807) is 0 Å². The Balaban J connectivity index is 3.55. The fourth-order valence-corrected chi connectivity index (χ4v) is 0.977. The number of hydrogen-bond acceptors (Lipinski definition) is 3. The fraction of sp³-hybridized carbons (Fsp3) is 0.667. The average molecular weight is 250 g/mol. The Labute approximate surface area is 99.1 Å². The van der Waals surface area contributed by atoms with E-state index >= 15 is 0 Å². The second kappa shape index (κ2) is 8.96. The zero-order valence-corrected chi connectivity index (χ0v) is 9.89. The number of nitrogens with one attached hydrogen (secondary N) is 3. The summed E-state index contributed by atoms with van der Waals surface area (Å²) in [4.78, 5) is 32.7. The molecular formula is C9H16ClN3O3. The Hall–Kier alpha value is -1.30. The first-order valence-electron chi connectivity index (χ1n) is 4.94. The summed E-state index contributed by atoms with van der Waals surface area (Å²) in [6, 6.07) is 0. The molecular weight excluding hydrogens is 234 g/mol. The van der Waals surface area contributed by atoms with E-state index in [-0.39, 0.29) is 12.5 Å². The number of alkyl halides is 1. The summed E-state index contributed by atoms with van der Waals surface area (Å²) in [5.41, 5.74) is 0. The highest BCUT2D eigenvalue weighted by atomic mass is 35.5. The zero-order valence-electron chi connectivity index (χ0n) is 9.14. The van der Waals surface area contributed by atoms with E-state index in [0.29, 0.717) is 25.4 Å². The van der Waals surface area contributed by atoms with E-state index < -0.39 is 11.8 Å². The fourth-order valence-electron chi connectivity index (χ4n) is 0.844. The molecule has 0 saturated carbocycles. The second-order valence-corrected chi connectivity index (χ2v) is 3.42. The predicted octanol–water partition coefficient (Wildman–Crippen LogP) is -1.02. The zero-order chi connectivity index (χ0) is 12.4. The van der Waals surface area contributed by atoms with Crippen LogP contribution in [0.3, 0.4) is 0 Å². The first kappa shape index (κ1) is 14.7. The summed E-state index contributed by atoms with van der Waals surface area (Å²) in [6.45, 7) is 2.28. The van der Waals surface area contributed by atoms with Gasteiger partial charge in [0.25, 0.3) is 0 Å². The second-order valence-electron chi connectivity index (χ2n) is 3.04. The van der Waals surface area contributed by atoms with Crippen molar-refractivity contribution in [2.24, 2.45) is 0 Å². The molecule has 0 radical (unpaired) electrons. The number of carbonyl (C=O) groups is 3. The molecule has 0 atom stereocenters. The van der Waals surface area contributed by atoms with E-state index in [0.717, 1.165) is 0 Å². The Morgan fingerprint density at radius 1 is 0.938 bits per heavy atom. The molecule has 0 bridgehead atoms. The van der Waals surface area contributed by atoms with Crippen molar-refractivity contribution in [3.05, 3.63) is 0 Å². The molecule has 0 heterocycles. The maximum atomic E-state index is 11.1. The van der Waals surface area contributed by atoms with Crippen molar-refractivity contribution >= 4 is 29.3 Å². The van der Waals surface area contributed by atoms with Gasteiger partial charge in [0.1, 0.15) is 0 Å². The highest BCUT2D eigenvalue weighted by Gasteiger charge is 2.11. The quantitative estimate of drug-likeness (QED) is 0.320. The predicted molar refractivity (Wildman–Crippen MR) is 60.0 cm³/mol. The number of hydrogen-bond donors (Lipinski definition) is 3. The molecule has 16 heavy (non-hydrogen) atoms. The molecule has 0 aromatic heterocycles. The third-order valence-corrected chi connectivity index (χ3v) is 1.85. The van der Waals surface area contributed by atoms with E-state index in [4.69, 9.17) is 11.6 Å². The largest absolute Gasteiger partial charge is 0.355 e. The van der Waals surface area contributed by atoms with Gasteiger partial charge in [-0.25, -0.2) is 0 Å². The van der Waals surface area contributed by atoms with Crippen LogP contribution in [-0.2, 0) is 14.4 Å². The van der Waals surface area contributed by atoms with E-state index in [2.05, 4.69) is 16.0 Å². The van der Waals surface area contributed by atoms with Gasteiger partial charge in [-0.15, -0.1) is 11.6 Å². The van der Waals surface area contributed by atoms with Crippen LogP contribution in [0.15, 0.2) is 0 Å². The van der Waals surface area contributed by atoms with Gasteiger partial charge in [0.15, 0.2) is 0 Å². The van der Waals surface area contributed by atoms with Gasteiger partial charge >= 0.3 is 11.8 Å². The lowest BCUT2D eigenvalue weighted by atomic mass is 10.4. The van der Waals surface area contributed by atoms with Gasteiger partial charge in [0, 0.05) is 32.4 Å². The molecule has 6 nitrogen and oxygen atoms in total. The van der Waals surface area contributed by atoms with E-state index in [9.17, 15) is 14.4 Å². The van der Waals surface area contributed by atoms with Gasteiger partial charge in [-0.2, -0.15) is 0 Å². The topological polar surface area (TPSA) is 87.3 Å². The van der Waals surface area contributed by atoms with Crippen LogP contribution in [0, 0.1) is 0 Å². The van der Waals surface area contributed by atoms with Crippen LogP contribution < -0.4 is 16.0 Å². The lowest BCUT2D eigenvalue weighted by molar-refractivity contribution is -0.139. The summed E-state index contributed by atoms with van der Waals surface area (Å²) in [5.74, 6) is -1.14. The first-order valence-corrected chi connectivity index (χ1v) is 5.47. The molecule has 3 N–H and O–H groups in total. The number of amides is 3. The summed E-state index contributed by atoms with van der Waals surface area (Å²) >= 11 is 5.40. The molecule has 0 rings (SSSR count). The van der Waals surface area contributed by atoms with Crippen LogP contribution in [0.25, 0.3) is 0 Å². The van der Waals surface area contributed by atoms with Crippen molar-refractivity contribution in [2.75, 3.05) is 25.5 Å².